The van der Waals surface area contributed by atoms with E-state index in [9.17, 15) is 0 Å². The molecule has 1 aliphatic heterocycles. The Morgan fingerprint density at radius 2 is 2.12 bits per heavy atom. The predicted molar refractivity (Wildman–Crippen MR) is 73.9 cm³/mol. The second-order valence-corrected chi connectivity index (χ2v) is 6.07. The summed E-state index contributed by atoms with van der Waals surface area (Å²) in [5, 5.41) is 4.46. The van der Waals surface area contributed by atoms with Gasteiger partial charge in [0.25, 0.3) is 0 Å². The van der Waals surface area contributed by atoms with E-state index in [2.05, 4.69) is 39.8 Å². The zero-order valence-electron chi connectivity index (χ0n) is 11.0. The minimum Gasteiger partial charge on any atom is -0.297 e. The summed E-state index contributed by atoms with van der Waals surface area (Å²) in [5.41, 5.74) is 2.39. The fourth-order valence-corrected chi connectivity index (χ4v) is 3.01. The number of likely N-dealkylation sites (tertiary alicyclic amines) is 1. The SMILES string of the molecule is Cc1nn(C)c(CN2CCCC(C)CC2)c1Br. The van der Waals surface area contributed by atoms with E-state index >= 15 is 0 Å². The number of hydrogen-bond donors (Lipinski definition) is 0. The summed E-state index contributed by atoms with van der Waals surface area (Å²) in [7, 11) is 2.04. The van der Waals surface area contributed by atoms with Gasteiger partial charge in [0.2, 0.25) is 0 Å². The molecule has 2 heterocycles. The molecule has 1 aromatic heterocycles. The zero-order valence-corrected chi connectivity index (χ0v) is 12.6. The molecule has 0 bridgehead atoms. The van der Waals surface area contributed by atoms with E-state index in [0.29, 0.717) is 0 Å². The van der Waals surface area contributed by atoms with Crippen LogP contribution in [0.15, 0.2) is 4.47 Å². The van der Waals surface area contributed by atoms with Crippen molar-refractivity contribution in [2.45, 2.75) is 39.7 Å². The molecule has 1 unspecified atom stereocenters. The molecular weight excluding hydrogens is 278 g/mol. The van der Waals surface area contributed by atoms with Gasteiger partial charge in [-0.3, -0.25) is 9.58 Å². The summed E-state index contributed by atoms with van der Waals surface area (Å²) >= 11 is 3.65. The second kappa shape index (κ2) is 5.53. The molecule has 0 N–H and O–H groups in total. The molecule has 0 spiro atoms. The lowest BCUT2D eigenvalue weighted by molar-refractivity contribution is 0.266. The van der Waals surface area contributed by atoms with E-state index in [4.69, 9.17) is 0 Å². The first-order valence-corrected chi connectivity index (χ1v) is 7.27. The summed E-state index contributed by atoms with van der Waals surface area (Å²) in [6, 6.07) is 0. The molecule has 0 aliphatic carbocycles. The molecule has 2 rings (SSSR count). The standard InChI is InChI=1S/C13H22BrN3/c1-10-5-4-7-17(8-6-10)9-12-13(14)11(2)15-16(12)3/h10H,4-9H2,1-3H3. The summed E-state index contributed by atoms with van der Waals surface area (Å²) in [4.78, 5) is 2.56. The number of aromatic nitrogens is 2. The lowest BCUT2D eigenvalue weighted by Gasteiger charge is -2.20. The molecule has 1 aromatic rings. The van der Waals surface area contributed by atoms with Crippen molar-refractivity contribution < 1.29 is 0 Å². The Labute approximate surface area is 112 Å². The van der Waals surface area contributed by atoms with E-state index in [1.807, 2.05) is 11.7 Å². The highest BCUT2D eigenvalue weighted by atomic mass is 79.9. The maximum atomic E-state index is 4.46. The van der Waals surface area contributed by atoms with Crippen molar-refractivity contribution in [1.82, 2.24) is 14.7 Å². The Morgan fingerprint density at radius 3 is 2.76 bits per heavy atom. The monoisotopic (exact) mass is 299 g/mol. The second-order valence-electron chi connectivity index (χ2n) is 5.28. The number of aryl methyl sites for hydroxylation is 2. The van der Waals surface area contributed by atoms with E-state index in [-0.39, 0.29) is 0 Å². The summed E-state index contributed by atoms with van der Waals surface area (Å²) in [6.45, 7) is 7.88. The molecule has 1 fully saturated rings. The van der Waals surface area contributed by atoms with Crippen LogP contribution in [0.25, 0.3) is 0 Å². The third-order valence-corrected chi connectivity index (χ3v) is 4.78. The highest BCUT2D eigenvalue weighted by Gasteiger charge is 2.17. The van der Waals surface area contributed by atoms with Gasteiger partial charge in [-0.25, -0.2) is 0 Å². The van der Waals surface area contributed by atoms with Gasteiger partial charge >= 0.3 is 0 Å². The van der Waals surface area contributed by atoms with Crippen molar-refractivity contribution in [2.24, 2.45) is 13.0 Å². The Morgan fingerprint density at radius 1 is 1.35 bits per heavy atom. The third-order valence-electron chi connectivity index (χ3n) is 3.74. The third kappa shape index (κ3) is 3.10. The van der Waals surface area contributed by atoms with Gasteiger partial charge in [0.05, 0.1) is 15.9 Å². The van der Waals surface area contributed by atoms with E-state index in [1.54, 1.807) is 0 Å². The van der Waals surface area contributed by atoms with Crippen molar-refractivity contribution in [1.29, 1.82) is 0 Å². The zero-order chi connectivity index (χ0) is 12.4. The van der Waals surface area contributed by atoms with Crippen LogP contribution in [0.5, 0.6) is 0 Å². The molecule has 1 saturated heterocycles. The molecule has 1 atom stereocenters. The minimum absolute atomic E-state index is 0.886. The Balaban J connectivity index is 2.04. The van der Waals surface area contributed by atoms with Gasteiger partial charge in [-0.1, -0.05) is 6.92 Å². The van der Waals surface area contributed by atoms with Crippen LogP contribution < -0.4 is 0 Å². The first kappa shape index (κ1) is 13.1. The van der Waals surface area contributed by atoms with Gasteiger partial charge in [-0.2, -0.15) is 5.10 Å². The van der Waals surface area contributed by atoms with Crippen molar-refractivity contribution in [3.05, 3.63) is 15.9 Å². The first-order valence-electron chi connectivity index (χ1n) is 6.48. The number of hydrogen-bond acceptors (Lipinski definition) is 2. The van der Waals surface area contributed by atoms with Crippen LogP contribution in [0.4, 0.5) is 0 Å². The fourth-order valence-electron chi connectivity index (χ4n) is 2.54. The molecule has 17 heavy (non-hydrogen) atoms. The van der Waals surface area contributed by atoms with E-state index in [1.165, 1.54) is 42.5 Å². The Kier molecular flexibility index (Phi) is 4.26. The van der Waals surface area contributed by atoms with Gasteiger partial charge in [-0.15, -0.1) is 0 Å². The van der Waals surface area contributed by atoms with Crippen LogP contribution in [0.3, 0.4) is 0 Å². The molecule has 1 aliphatic rings. The predicted octanol–water partition coefficient (Wildman–Crippen LogP) is 3.11. The number of nitrogens with zero attached hydrogens (tertiary/aromatic N) is 3. The largest absolute Gasteiger partial charge is 0.297 e. The van der Waals surface area contributed by atoms with Crippen molar-refractivity contribution >= 4 is 15.9 Å². The maximum absolute atomic E-state index is 4.46. The van der Waals surface area contributed by atoms with Crippen LogP contribution in [0, 0.1) is 12.8 Å². The van der Waals surface area contributed by atoms with Crippen molar-refractivity contribution in [3.63, 3.8) is 0 Å². The normalized spacial score (nSPS) is 22.7. The Bertz CT molecular complexity index is 386. The molecule has 0 saturated carbocycles. The van der Waals surface area contributed by atoms with Crippen LogP contribution in [-0.4, -0.2) is 27.8 Å². The molecular formula is C13H22BrN3. The summed E-state index contributed by atoms with van der Waals surface area (Å²) in [6.07, 6.45) is 4.03. The summed E-state index contributed by atoms with van der Waals surface area (Å²) in [5.74, 6) is 0.886. The van der Waals surface area contributed by atoms with E-state index in [0.717, 1.165) is 18.2 Å². The lowest BCUT2D eigenvalue weighted by atomic mass is 10.0. The first-order chi connectivity index (χ1) is 8.08. The molecule has 0 radical (unpaired) electrons. The van der Waals surface area contributed by atoms with Gasteiger partial charge in [-0.05, 0) is 61.1 Å². The average molecular weight is 300 g/mol. The van der Waals surface area contributed by atoms with E-state index < -0.39 is 0 Å². The van der Waals surface area contributed by atoms with Gasteiger partial charge in [0, 0.05) is 13.6 Å². The highest BCUT2D eigenvalue weighted by molar-refractivity contribution is 9.10. The maximum Gasteiger partial charge on any atom is 0.0739 e. The van der Waals surface area contributed by atoms with Crippen LogP contribution in [-0.2, 0) is 13.6 Å². The van der Waals surface area contributed by atoms with Crippen molar-refractivity contribution in [2.75, 3.05) is 13.1 Å². The van der Waals surface area contributed by atoms with Gasteiger partial charge < -0.3 is 0 Å². The number of rotatable bonds is 2. The van der Waals surface area contributed by atoms with Gasteiger partial charge in [0.1, 0.15) is 0 Å². The average Bonchev–Trinajstić information content (AvgIpc) is 2.46. The summed E-state index contributed by atoms with van der Waals surface area (Å²) < 4.78 is 3.19. The topological polar surface area (TPSA) is 21.1 Å². The molecule has 0 amide bonds. The molecule has 96 valence electrons. The molecule has 4 heteroatoms. The quantitative estimate of drug-likeness (QED) is 0.837. The fraction of sp³-hybridized carbons (Fsp3) is 0.769. The highest BCUT2D eigenvalue weighted by Crippen LogP contribution is 2.23. The Hall–Kier alpha value is -0.350. The van der Waals surface area contributed by atoms with Crippen molar-refractivity contribution in [3.8, 4) is 0 Å². The lowest BCUT2D eigenvalue weighted by Crippen LogP contribution is -2.25. The van der Waals surface area contributed by atoms with Crippen LogP contribution >= 0.6 is 15.9 Å². The van der Waals surface area contributed by atoms with Crippen LogP contribution in [0.2, 0.25) is 0 Å². The van der Waals surface area contributed by atoms with Gasteiger partial charge in [0.15, 0.2) is 0 Å². The smallest absolute Gasteiger partial charge is 0.0739 e. The number of halogens is 1. The van der Waals surface area contributed by atoms with Crippen LogP contribution in [0.1, 0.15) is 37.6 Å². The molecule has 3 nitrogen and oxygen atoms in total. The minimum atomic E-state index is 0.886. The molecule has 0 aromatic carbocycles.